The number of benzene rings is 4. The van der Waals surface area contributed by atoms with E-state index in [9.17, 15) is 0 Å². The third-order valence-corrected chi connectivity index (χ3v) is 11.2. The molecule has 0 fully saturated rings. The summed E-state index contributed by atoms with van der Waals surface area (Å²) in [5, 5.41) is 0. The van der Waals surface area contributed by atoms with Crippen LogP contribution < -0.4 is 9.47 Å². The van der Waals surface area contributed by atoms with Gasteiger partial charge in [0.2, 0.25) is 0 Å². The van der Waals surface area contributed by atoms with Crippen LogP contribution in [0, 0.1) is 11.8 Å². The minimum Gasteiger partial charge on any atom is -0.780 e. The van der Waals surface area contributed by atoms with Gasteiger partial charge in [-0.1, -0.05) is 128 Å². The molecule has 0 heterocycles. The molecule has 0 saturated heterocycles. The van der Waals surface area contributed by atoms with Crippen LogP contribution in [0.25, 0.3) is 19.6 Å². The van der Waals surface area contributed by atoms with Gasteiger partial charge in [-0.3, -0.25) is 0 Å². The summed E-state index contributed by atoms with van der Waals surface area (Å²) in [6, 6.07) is 32.7. The Morgan fingerprint density at radius 1 is 0.491 bits per heavy atom. The van der Waals surface area contributed by atoms with Crippen LogP contribution in [0.5, 0.6) is 11.5 Å². The van der Waals surface area contributed by atoms with Crippen molar-refractivity contribution in [3.63, 3.8) is 0 Å². The number of ether oxygens (including phenoxy) is 2. The Labute approximate surface area is 353 Å². The first-order chi connectivity index (χ1) is 24.9. The molecule has 0 bridgehead atoms. The Morgan fingerprint density at radius 3 is 1.13 bits per heavy atom. The van der Waals surface area contributed by atoms with E-state index in [1.54, 1.807) is 0 Å². The zero-order valence-electron chi connectivity index (χ0n) is 32.6. The van der Waals surface area contributed by atoms with Crippen molar-refractivity contribution in [2.75, 3.05) is 13.2 Å². The van der Waals surface area contributed by atoms with Gasteiger partial charge in [-0.05, 0) is 107 Å². The van der Waals surface area contributed by atoms with Crippen molar-refractivity contribution in [3.8, 4) is 11.5 Å². The van der Waals surface area contributed by atoms with Gasteiger partial charge in [0.25, 0.3) is 0 Å². The summed E-state index contributed by atoms with van der Waals surface area (Å²) >= 11 is 22.9. The molecule has 4 aromatic carbocycles. The average molecular weight is 828 g/mol. The largest absolute Gasteiger partial charge is 0.780 e. The number of hydrogen-bond donors (Lipinski definition) is 0. The molecule has 0 aliphatic carbocycles. The Bertz CT molecular complexity index is 1610. The Hall–Kier alpha value is -2.67. The molecule has 2 nitrogen and oxygen atoms in total. The van der Waals surface area contributed by atoms with Crippen LogP contribution >= 0.6 is 0 Å². The van der Waals surface area contributed by atoms with Crippen LogP contribution in [-0.2, 0) is 67.0 Å². The van der Waals surface area contributed by atoms with Gasteiger partial charge in [-0.15, -0.1) is 0 Å². The first kappa shape index (κ1) is 46.5. The predicted molar refractivity (Wildman–Crippen MR) is 236 cm³/mol. The number of rotatable bonds is 16. The summed E-state index contributed by atoms with van der Waals surface area (Å²) in [6.07, 6.45) is 4.21. The zero-order valence-corrected chi connectivity index (χ0v) is 36.8. The quantitative estimate of drug-likeness (QED) is 0.0632. The third-order valence-electron chi connectivity index (χ3n) is 9.25. The molecule has 0 amide bonds. The molecule has 7 heteroatoms. The molecule has 0 saturated carbocycles. The average Bonchev–Trinajstić information content (AvgIpc) is 3.16. The van der Waals surface area contributed by atoms with E-state index in [1.165, 1.54) is 11.1 Å². The second-order valence-corrected chi connectivity index (χ2v) is 15.9. The molecule has 4 rings (SSSR count). The SMILES string of the molecule is CCC(C)c1ccc(OCCC(C)C)c(/C([S-])=C(/[S-])c2ccccc2)c1.CCC(C)c1ccc(OCCC(C)C)c(/C([S-])=C(/[S-])c2ccccc2)c1.[Ni]. The van der Waals surface area contributed by atoms with Gasteiger partial charge >= 0.3 is 0 Å². The molecule has 4 aromatic rings. The third kappa shape index (κ3) is 14.5. The molecule has 53 heavy (non-hydrogen) atoms. The Kier molecular flexibility index (Phi) is 21.0. The molecule has 2 unspecified atom stereocenters. The van der Waals surface area contributed by atoms with Crippen LogP contribution in [0.15, 0.2) is 97.1 Å². The summed E-state index contributed by atoms with van der Waals surface area (Å²) in [4.78, 5) is 2.79. The van der Waals surface area contributed by atoms with Gasteiger partial charge in [-0.2, -0.15) is 19.6 Å². The molecular weight excluding hydrogens is 771 g/mol. The smallest absolute Gasteiger partial charge is 0.124 e. The van der Waals surface area contributed by atoms with E-state index < -0.39 is 0 Å². The Balaban J connectivity index is 0.000000360. The fraction of sp³-hybridized carbons (Fsp3) is 0.391. The number of hydrogen-bond acceptors (Lipinski definition) is 6. The van der Waals surface area contributed by atoms with Gasteiger partial charge in [0.15, 0.2) is 0 Å². The summed E-state index contributed by atoms with van der Waals surface area (Å²) in [5.41, 5.74) is 6.39. The summed E-state index contributed by atoms with van der Waals surface area (Å²) in [7, 11) is 0. The van der Waals surface area contributed by atoms with Crippen LogP contribution in [-0.4, -0.2) is 13.2 Å². The first-order valence-electron chi connectivity index (χ1n) is 18.7. The monoisotopic (exact) mass is 826 g/mol. The molecule has 290 valence electrons. The van der Waals surface area contributed by atoms with E-state index in [1.807, 2.05) is 60.7 Å². The second-order valence-electron chi connectivity index (χ2n) is 14.2. The summed E-state index contributed by atoms with van der Waals surface area (Å²) in [6.45, 7) is 19.0. The Morgan fingerprint density at radius 2 is 0.830 bits per heavy atom. The zero-order chi connectivity index (χ0) is 38.2. The summed E-state index contributed by atoms with van der Waals surface area (Å²) < 4.78 is 12.2. The molecule has 0 aliphatic rings. The molecule has 0 N–H and O–H groups in total. The standard InChI is InChI=1S/2C23H30OS2.Ni/c2*1-5-17(4)19-11-12-21(24-14-13-16(2)3)20(15-19)23(26)22(25)18-9-7-6-8-10-18;/h2*6-12,15-17,25-26H,5,13-14H2,1-4H3;/p-4/b2*23-22-;. The maximum absolute atomic E-state index is 6.08. The van der Waals surface area contributed by atoms with Crippen molar-refractivity contribution in [2.24, 2.45) is 11.8 Å². The second kappa shape index (κ2) is 24.0. The minimum absolute atomic E-state index is 0. The van der Waals surface area contributed by atoms with Crippen molar-refractivity contribution in [2.45, 2.75) is 92.9 Å². The van der Waals surface area contributed by atoms with E-state index in [4.69, 9.17) is 60.0 Å². The van der Waals surface area contributed by atoms with Crippen molar-refractivity contribution < 1.29 is 26.0 Å². The maximum atomic E-state index is 6.08. The van der Waals surface area contributed by atoms with E-state index in [0.29, 0.717) is 56.5 Å². The fourth-order valence-electron chi connectivity index (χ4n) is 5.28. The van der Waals surface area contributed by atoms with Gasteiger partial charge in [0, 0.05) is 16.5 Å². The fourth-order valence-corrected chi connectivity index (χ4v) is 6.33. The van der Waals surface area contributed by atoms with Crippen molar-refractivity contribution >= 4 is 70.1 Å². The summed E-state index contributed by atoms with van der Waals surface area (Å²) in [5.74, 6) is 3.84. The van der Waals surface area contributed by atoms with Crippen molar-refractivity contribution in [3.05, 3.63) is 130 Å². The maximum Gasteiger partial charge on any atom is 0.124 e. The van der Waals surface area contributed by atoms with Gasteiger partial charge in [0.1, 0.15) is 11.5 Å². The molecule has 0 aromatic heterocycles. The molecule has 2 atom stereocenters. The molecular formula is C46H56NiO2S4-4. The minimum atomic E-state index is 0. The van der Waals surface area contributed by atoms with Crippen LogP contribution in [0.2, 0.25) is 0 Å². The van der Waals surface area contributed by atoms with Crippen LogP contribution in [0.3, 0.4) is 0 Å². The van der Waals surface area contributed by atoms with Crippen LogP contribution in [0.1, 0.15) is 126 Å². The molecule has 0 aliphatic heterocycles. The van der Waals surface area contributed by atoms with E-state index in [2.05, 4.69) is 91.8 Å². The first-order valence-corrected chi connectivity index (χ1v) is 20.3. The van der Waals surface area contributed by atoms with Crippen molar-refractivity contribution in [1.82, 2.24) is 0 Å². The van der Waals surface area contributed by atoms with Crippen LogP contribution in [0.4, 0.5) is 0 Å². The van der Waals surface area contributed by atoms with E-state index >= 15 is 0 Å². The van der Waals surface area contributed by atoms with Crippen molar-refractivity contribution in [1.29, 1.82) is 0 Å². The topological polar surface area (TPSA) is 18.5 Å². The molecule has 0 radical (unpaired) electrons. The van der Waals surface area contributed by atoms with E-state index in [-0.39, 0.29) is 16.5 Å². The van der Waals surface area contributed by atoms with E-state index in [0.717, 1.165) is 59.4 Å². The van der Waals surface area contributed by atoms with Gasteiger partial charge in [-0.25, -0.2) is 0 Å². The normalized spacial score (nSPS) is 13.2. The predicted octanol–water partition coefficient (Wildman–Crippen LogP) is 13.1. The van der Waals surface area contributed by atoms with Gasteiger partial charge in [0.05, 0.1) is 13.2 Å². The molecule has 0 spiro atoms. The van der Waals surface area contributed by atoms with Gasteiger partial charge < -0.3 is 60.0 Å².